The lowest BCUT2D eigenvalue weighted by Crippen LogP contribution is -2.30. The molecule has 0 aliphatic carbocycles. The van der Waals surface area contributed by atoms with Crippen molar-refractivity contribution in [1.29, 1.82) is 0 Å². The lowest BCUT2D eigenvalue weighted by atomic mass is 10.1. The predicted molar refractivity (Wildman–Crippen MR) is 302 cm³/mol. The molecule has 0 heterocycles. The van der Waals surface area contributed by atoms with Gasteiger partial charge in [0.05, 0.1) is 0 Å². The SMILES string of the molecule is CC/C=C\C/C=C\C/C=C\C/C=C\C/C=C\C/C=C\C/C=C\CCCCCCCCCCCC(=O)OCC(COC(=O)CCCCCCCC)OC(=O)CCCCCCC/C=C\C/C=C\C/C=C\CC. The number of carbonyl (C=O) groups is 3. The van der Waals surface area contributed by atoms with Crippen LogP contribution in [-0.4, -0.2) is 37.2 Å². The molecular formula is C64H104O6. The molecule has 0 radical (unpaired) electrons. The minimum absolute atomic E-state index is 0.0886. The fourth-order valence-corrected chi connectivity index (χ4v) is 7.49. The topological polar surface area (TPSA) is 78.9 Å². The number of unbranched alkanes of at least 4 members (excludes halogenated alkanes) is 19. The van der Waals surface area contributed by atoms with Crippen LogP contribution in [0.25, 0.3) is 0 Å². The van der Waals surface area contributed by atoms with E-state index in [0.717, 1.165) is 148 Å². The van der Waals surface area contributed by atoms with Crippen LogP contribution >= 0.6 is 0 Å². The minimum Gasteiger partial charge on any atom is -0.462 e. The average molecular weight is 970 g/mol. The molecule has 0 saturated carbocycles. The van der Waals surface area contributed by atoms with Crippen LogP contribution in [0.5, 0.6) is 0 Å². The van der Waals surface area contributed by atoms with Crippen LogP contribution in [0, 0.1) is 0 Å². The maximum absolute atomic E-state index is 12.8. The fraction of sp³-hybridized carbons (Fsp3) is 0.641. The summed E-state index contributed by atoms with van der Waals surface area (Å²) >= 11 is 0. The van der Waals surface area contributed by atoms with E-state index in [-0.39, 0.29) is 31.1 Å². The Morgan fingerprint density at radius 1 is 0.300 bits per heavy atom. The summed E-state index contributed by atoms with van der Waals surface area (Å²) in [5.74, 6) is -0.926. The lowest BCUT2D eigenvalue weighted by Gasteiger charge is -2.18. The van der Waals surface area contributed by atoms with E-state index in [0.29, 0.717) is 19.3 Å². The second-order valence-electron chi connectivity index (χ2n) is 18.4. The molecule has 0 fully saturated rings. The molecule has 1 atom stereocenters. The van der Waals surface area contributed by atoms with Crippen molar-refractivity contribution in [3.05, 3.63) is 122 Å². The first kappa shape index (κ1) is 65.8. The Labute approximate surface area is 431 Å². The molecule has 0 aliphatic heterocycles. The summed E-state index contributed by atoms with van der Waals surface area (Å²) in [4.78, 5) is 37.8. The van der Waals surface area contributed by atoms with E-state index >= 15 is 0 Å². The Balaban J connectivity index is 4.13. The van der Waals surface area contributed by atoms with Gasteiger partial charge in [-0.1, -0.05) is 239 Å². The standard InChI is InChI=1S/C64H104O6/c1-4-7-10-13-16-18-20-22-24-25-26-27-28-29-30-31-32-33-34-35-36-37-38-39-41-42-44-46-48-51-54-57-63(66)69-60-61(59-68-62(65)56-53-50-15-12-9-6-3)70-64(67)58-55-52-49-47-45-43-40-23-21-19-17-14-11-8-5-2/h7-8,10-11,16-19,22-24,26-27,29-30,32-33,35-36,40,61H,4-6,9,12-15,20-21,25,28,31,34,37-39,41-60H2,1-3H3/b10-7-,11-8-,18-16-,19-17-,24-22-,27-26-,30-29-,33-32-,36-35-,40-23-. The lowest BCUT2D eigenvalue weighted by molar-refractivity contribution is -0.167. The molecule has 0 rings (SSSR count). The summed E-state index contributed by atoms with van der Waals surface area (Å²) in [6.07, 6.45) is 79.4. The second-order valence-corrected chi connectivity index (χ2v) is 18.4. The molecule has 6 nitrogen and oxygen atoms in total. The van der Waals surface area contributed by atoms with Crippen molar-refractivity contribution in [3.63, 3.8) is 0 Å². The van der Waals surface area contributed by atoms with Crippen LogP contribution in [0.15, 0.2) is 122 Å². The zero-order valence-electron chi connectivity index (χ0n) is 45.2. The van der Waals surface area contributed by atoms with Gasteiger partial charge in [0.25, 0.3) is 0 Å². The Morgan fingerprint density at radius 2 is 0.557 bits per heavy atom. The van der Waals surface area contributed by atoms with Crippen molar-refractivity contribution >= 4 is 17.9 Å². The first-order valence-electron chi connectivity index (χ1n) is 28.5. The zero-order chi connectivity index (χ0) is 50.7. The third-order valence-corrected chi connectivity index (χ3v) is 11.7. The molecule has 0 aromatic carbocycles. The average Bonchev–Trinajstić information content (AvgIpc) is 3.36. The van der Waals surface area contributed by atoms with Crippen molar-refractivity contribution in [2.45, 2.75) is 252 Å². The molecule has 70 heavy (non-hydrogen) atoms. The Kier molecular flexibility index (Phi) is 54.0. The molecule has 396 valence electrons. The van der Waals surface area contributed by atoms with Crippen molar-refractivity contribution in [2.24, 2.45) is 0 Å². The van der Waals surface area contributed by atoms with Crippen molar-refractivity contribution < 1.29 is 28.6 Å². The van der Waals surface area contributed by atoms with Gasteiger partial charge in [-0.15, -0.1) is 0 Å². The van der Waals surface area contributed by atoms with Gasteiger partial charge in [-0.2, -0.15) is 0 Å². The van der Waals surface area contributed by atoms with Gasteiger partial charge in [-0.05, 0) is 109 Å². The van der Waals surface area contributed by atoms with Crippen LogP contribution < -0.4 is 0 Å². The molecule has 0 saturated heterocycles. The predicted octanol–water partition coefficient (Wildman–Crippen LogP) is 19.3. The van der Waals surface area contributed by atoms with Crippen LogP contribution in [0.2, 0.25) is 0 Å². The molecule has 0 aromatic heterocycles. The van der Waals surface area contributed by atoms with E-state index in [1.165, 1.54) is 57.8 Å². The molecular weight excluding hydrogens is 865 g/mol. The smallest absolute Gasteiger partial charge is 0.306 e. The summed E-state index contributed by atoms with van der Waals surface area (Å²) in [7, 11) is 0. The van der Waals surface area contributed by atoms with Crippen molar-refractivity contribution in [1.82, 2.24) is 0 Å². The molecule has 0 aliphatic rings. The Hall–Kier alpha value is -4.19. The van der Waals surface area contributed by atoms with Gasteiger partial charge in [0.15, 0.2) is 6.10 Å². The maximum Gasteiger partial charge on any atom is 0.306 e. The van der Waals surface area contributed by atoms with Gasteiger partial charge in [0.1, 0.15) is 13.2 Å². The van der Waals surface area contributed by atoms with Crippen LogP contribution in [-0.2, 0) is 28.6 Å². The molecule has 0 amide bonds. The minimum atomic E-state index is -0.788. The Bertz CT molecular complexity index is 1490. The quantitative estimate of drug-likeness (QED) is 0.0262. The highest BCUT2D eigenvalue weighted by Crippen LogP contribution is 2.14. The molecule has 0 spiro atoms. The van der Waals surface area contributed by atoms with Gasteiger partial charge < -0.3 is 14.2 Å². The molecule has 0 aromatic rings. The van der Waals surface area contributed by atoms with E-state index in [4.69, 9.17) is 14.2 Å². The number of hydrogen-bond donors (Lipinski definition) is 0. The van der Waals surface area contributed by atoms with Gasteiger partial charge >= 0.3 is 17.9 Å². The molecule has 0 N–H and O–H groups in total. The van der Waals surface area contributed by atoms with Gasteiger partial charge in [0, 0.05) is 19.3 Å². The number of esters is 3. The summed E-state index contributed by atoms with van der Waals surface area (Å²) in [5.41, 5.74) is 0. The van der Waals surface area contributed by atoms with E-state index in [2.05, 4.69) is 142 Å². The third kappa shape index (κ3) is 54.7. The van der Waals surface area contributed by atoms with E-state index in [1.807, 2.05) is 0 Å². The number of hydrogen-bond acceptors (Lipinski definition) is 6. The van der Waals surface area contributed by atoms with Gasteiger partial charge in [0.2, 0.25) is 0 Å². The zero-order valence-corrected chi connectivity index (χ0v) is 45.2. The van der Waals surface area contributed by atoms with Crippen LogP contribution in [0.4, 0.5) is 0 Å². The van der Waals surface area contributed by atoms with Gasteiger partial charge in [-0.3, -0.25) is 14.4 Å². The van der Waals surface area contributed by atoms with Gasteiger partial charge in [-0.25, -0.2) is 0 Å². The molecule has 6 heteroatoms. The fourth-order valence-electron chi connectivity index (χ4n) is 7.49. The van der Waals surface area contributed by atoms with Crippen molar-refractivity contribution in [3.8, 4) is 0 Å². The van der Waals surface area contributed by atoms with Crippen LogP contribution in [0.3, 0.4) is 0 Å². The summed E-state index contributed by atoms with van der Waals surface area (Å²) in [6.45, 7) is 6.32. The number of allylic oxidation sites excluding steroid dienone is 20. The van der Waals surface area contributed by atoms with Crippen molar-refractivity contribution in [2.75, 3.05) is 13.2 Å². The largest absolute Gasteiger partial charge is 0.462 e. The monoisotopic (exact) mass is 969 g/mol. The second kappa shape index (κ2) is 57.4. The highest BCUT2D eigenvalue weighted by atomic mass is 16.6. The highest BCUT2D eigenvalue weighted by molar-refractivity contribution is 5.71. The summed E-state index contributed by atoms with van der Waals surface area (Å²) < 4.78 is 16.7. The molecule has 0 bridgehead atoms. The Morgan fingerprint density at radius 3 is 0.871 bits per heavy atom. The summed E-state index contributed by atoms with van der Waals surface area (Å²) in [6, 6.07) is 0. The maximum atomic E-state index is 12.8. The normalized spacial score (nSPS) is 13.0. The van der Waals surface area contributed by atoms with E-state index < -0.39 is 6.10 Å². The van der Waals surface area contributed by atoms with Crippen LogP contribution in [0.1, 0.15) is 245 Å². The third-order valence-electron chi connectivity index (χ3n) is 11.7. The first-order chi connectivity index (χ1) is 34.5. The number of ether oxygens (including phenoxy) is 3. The van der Waals surface area contributed by atoms with E-state index in [1.54, 1.807) is 0 Å². The molecule has 1 unspecified atom stereocenters. The highest BCUT2D eigenvalue weighted by Gasteiger charge is 2.19. The van der Waals surface area contributed by atoms with E-state index in [9.17, 15) is 14.4 Å². The number of rotatable bonds is 50. The summed E-state index contributed by atoms with van der Waals surface area (Å²) in [5, 5.41) is 0. The first-order valence-corrected chi connectivity index (χ1v) is 28.5. The number of carbonyl (C=O) groups excluding carboxylic acids is 3.